The van der Waals surface area contributed by atoms with Crippen LogP contribution in [-0.2, 0) is 0 Å². The van der Waals surface area contributed by atoms with Crippen LogP contribution in [0, 0.1) is 0 Å². The van der Waals surface area contributed by atoms with E-state index in [1.807, 2.05) is 6.07 Å². The molecule has 0 spiro atoms. The Morgan fingerprint density at radius 3 is 2.79 bits per heavy atom. The number of nitrogens with zero attached hydrogens (tertiary/aromatic N) is 2. The van der Waals surface area contributed by atoms with Crippen molar-refractivity contribution in [1.29, 1.82) is 0 Å². The molecule has 1 aliphatic rings. The summed E-state index contributed by atoms with van der Waals surface area (Å²) < 4.78 is 0.823. The minimum absolute atomic E-state index is 0.497. The first-order valence-electron chi connectivity index (χ1n) is 4.58. The lowest BCUT2D eigenvalue weighted by molar-refractivity contribution is 0.410. The van der Waals surface area contributed by atoms with Crippen molar-refractivity contribution in [2.75, 3.05) is 18.5 Å². The van der Waals surface area contributed by atoms with E-state index in [9.17, 15) is 0 Å². The molecule has 2 rings (SSSR count). The summed E-state index contributed by atoms with van der Waals surface area (Å²) in [6.07, 6.45) is 4.26. The van der Waals surface area contributed by atoms with Crippen molar-refractivity contribution in [2.45, 2.75) is 12.8 Å². The molecule has 0 unspecified atom stereocenters. The zero-order valence-corrected chi connectivity index (χ0v) is 9.98. The molecule has 1 aromatic rings. The third kappa shape index (κ3) is 2.38. The highest BCUT2D eigenvalue weighted by molar-refractivity contribution is 9.10. The molecular weight excluding hydrogens is 265 g/mol. The number of rotatable bonds is 2. The number of anilines is 1. The average Bonchev–Trinajstić information content (AvgIpc) is 2.64. The normalized spacial score (nSPS) is 17.3. The van der Waals surface area contributed by atoms with Crippen molar-refractivity contribution in [3.63, 3.8) is 0 Å². The Hall–Kier alpha value is -0.320. The summed E-state index contributed by atoms with van der Waals surface area (Å²) in [6, 6.07) is 1.94. The van der Waals surface area contributed by atoms with E-state index < -0.39 is 0 Å². The molecule has 1 aromatic heterocycles. The van der Waals surface area contributed by atoms with Crippen molar-refractivity contribution in [3.05, 3.63) is 21.9 Å². The molecule has 0 aromatic carbocycles. The highest BCUT2D eigenvalue weighted by Gasteiger charge is 2.11. The summed E-state index contributed by atoms with van der Waals surface area (Å²) in [4.78, 5) is 4.05. The van der Waals surface area contributed by atoms with Gasteiger partial charge in [0.05, 0.1) is 16.4 Å². The third-order valence-electron chi connectivity index (χ3n) is 2.19. The van der Waals surface area contributed by atoms with Crippen LogP contribution in [-0.4, -0.2) is 23.1 Å². The Morgan fingerprint density at radius 1 is 1.43 bits per heavy atom. The smallest absolute Gasteiger partial charge is 0.143 e. The average molecular weight is 277 g/mol. The van der Waals surface area contributed by atoms with Crippen molar-refractivity contribution in [3.8, 4) is 0 Å². The minimum Gasteiger partial charge on any atom is -0.317 e. The molecule has 0 atom stereocenters. The summed E-state index contributed by atoms with van der Waals surface area (Å²) >= 11 is 9.14. The lowest BCUT2D eigenvalue weighted by Gasteiger charge is -2.17. The number of aromatic nitrogens is 1. The van der Waals surface area contributed by atoms with Crippen LogP contribution in [0.15, 0.2) is 16.7 Å². The summed E-state index contributed by atoms with van der Waals surface area (Å²) in [5.74, 6) is 0. The molecule has 0 amide bonds. The van der Waals surface area contributed by atoms with Gasteiger partial charge in [-0.25, -0.2) is 9.99 Å². The third-order valence-corrected chi connectivity index (χ3v) is 3.32. The van der Waals surface area contributed by atoms with E-state index in [0.717, 1.165) is 23.2 Å². The van der Waals surface area contributed by atoms with Gasteiger partial charge in [0, 0.05) is 13.1 Å². The van der Waals surface area contributed by atoms with Crippen LogP contribution in [0.1, 0.15) is 12.8 Å². The maximum Gasteiger partial charge on any atom is 0.143 e. The molecule has 0 radical (unpaired) electrons. The second-order valence-corrected chi connectivity index (χ2v) is 4.51. The summed E-state index contributed by atoms with van der Waals surface area (Å²) in [5.41, 5.74) is 4.27. The van der Waals surface area contributed by atoms with Gasteiger partial charge >= 0.3 is 0 Å². The van der Waals surface area contributed by atoms with Crippen LogP contribution in [0.4, 0.5) is 5.69 Å². The largest absolute Gasteiger partial charge is 0.317 e. The first-order valence-corrected chi connectivity index (χ1v) is 5.75. The molecular formula is C9H11BrClN3. The van der Waals surface area contributed by atoms with E-state index in [1.165, 1.54) is 12.8 Å². The lowest BCUT2D eigenvalue weighted by atomic mass is 10.4. The van der Waals surface area contributed by atoms with E-state index in [1.54, 1.807) is 6.20 Å². The first-order chi connectivity index (χ1) is 6.75. The van der Waals surface area contributed by atoms with Crippen LogP contribution >= 0.6 is 27.5 Å². The number of pyridine rings is 1. The van der Waals surface area contributed by atoms with Gasteiger partial charge in [-0.3, -0.25) is 0 Å². The molecule has 3 nitrogen and oxygen atoms in total. The van der Waals surface area contributed by atoms with Crippen molar-refractivity contribution in [2.24, 2.45) is 0 Å². The van der Waals surface area contributed by atoms with Gasteiger partial charge in [0.2, 0.25) is 0 Å². The SMILES string of the molecule is Clc1ncc(NN2CCCC2)cc1Br. The fraction of sp³-hybridized carbons (Fsp3) is 0.444. The second kappa shape index (κ2) is 4.47. The second-order valence-electron chi connectivity index (χ2n) is 3.30. The van der Waals surface area contributed by atoms with Crippen LogP contribution in [0.5, 0.6) is 0 Å². The lowest BCUT2D eigenvalue weighted by Crippen LogP contribution is -2.26. The van der Waals surface area contributed by atoms with Crippen molar-refractivity contribution < 1.29 is 0 Å². The predicted molar refractivity (Wildman–Crippen MR) is 61.4 cm³/mol. The number of hydrazine groups is 1. The number of hydrogen-bond donors (Lipinski definition) is 1. The Bertz CT molecular complexity index is 326. The van der Waals surface area contributed by atoms with Gasteiger partial charge in [-0.15, -0.1) is 0 Å². The zero-order chi connectivity index (χ0) is 9.97. The molecule has 0 saturated carbocycles. The molecule has 1 saturated heterocycles. The summed E-state index contributed by atoms with van der Waals surface area (Å²) in [6.45, 7) is 2.19. The van der Waals surface area contributed by atoms with Crippen LogP contribution in [0.3, 0.4) is 0 Å². The quantitative estimate of drug-likeness (QED) is 0.842. The van der Waals surface area contributed by atoms with Gasteiger partial charge in [-0.2, -0.15) is 0 Å². The molecule has 1 N–H and O–H groups in total. The maximum absolute atomic E-state index is 5.80. The van der Waals surface area contributed by atoms with Gasteiger partial charge in [-0.05, 0) is 34.8 Å². The molecule has 0 aliphatic carbocycles. The van der Waals surface area contributed by atoms with Crippen LogP contribution in [0.2, 0.25) is 5.15 Å². The minimum atomic E-state index is 0.497. The van der Waals surface area contributed by atoms with E-state index in [0.29, 0.717) is 5.15 Å². The van der Waals surface area contributed by atoms with Gasteiger partial charge in [0.25, 0.3) is 0 Å². The van der Waals surface area contributed by atoms with Crippen molar-refractivity contribution in [1.82, 2.24) is 9.99 Å². The molecule has 1 aliphatic heterocycles. The van der Waals surface area contributed by atoms with Gasteiger partial charge in [0.15, 0.2) is 0 Å². The Kier molecular flexibility index (Phi) is 3.26. The maximum atomic E-state index is 5.80. The topological polar surface area (TPSA) is 28.2 Å². The molecule has 0 bridgehead atoms. The Balaban J connectivity index is 2.05. The highest BCUT2D eigenvalue weighted by Crippen LogP contribution is 2.23. The molecule has 76 valence electrons. The summed E-state index contributed by atoms with van der Waals surface area (Å²) in [7, 11) is 0. The van der Waals surface area contributed by atoms with E-state index in [2.05, 4.69) is 31.3 Å². The number of nitrogens with one attached hydrogen (secondary N) is 1. The standard InChI is InChI=1S/C9H11BrClN3/c10-8-5-7(6-12-9(8)11)13-14-3-1-2-4-14/h5-6,13H,1-4H2. The Morgan fingerprint density at radius 2 is 2.14 bits per heavy atom. The van der Waals surface area contributed by atoms with E-state index >= 15 is 0 Å². The summed E-state index contributed by atoms with van der Waals surface area (Å²) in [5, 5.41) is 2.69. The Labute approximate surface area is 96.6 Å². The molecule has 5 heteroatoms. The van der Waals surface area contributed by atoms with Gasteiger partial charge < -0.3 is 5.43 Å². The molecule has 1 fully saturated rings. The monoisotopic (exact) mass is 275 g/mol. The van der Waals surface area contributed by atoms with E-state index in [4.69, 9.17) is 11.6 Å². The molecule has 2 heterocycles. The van der Waals surface area contributed by atoms with Crippen molar-refractivity contribution >= 4 is 33.2 Å². The molecule has 14 heavy (non-hydrogen) atoms. The first kappa shape index (κ1) is 10.2. The van der Waals surface area contributed by atoms with E-state index in [-0.39, 0.29) is 0 Å². The number of halogens is 2. The van der Waals surface area contributed by atoms with Crippen LogP contribution < -0.4 is 5.43 Å². The predicted octanol–water partition coefficient (Wildman–Crippen LogP) is 2.92. The number of hydrogen-bond acceptors (Lipinski definition) is 3. The zero-order valence-electron chi connectivity index (χ0n) is 7.63. The fourth-order valence-electron chi connectivity index (χ4n) is 1.49. The fourth-order valence-corrected chi connectivity index (χ4v) is 1.95. The van der Waals surface area contributed by atoms with Gasteiger partial charge in [-0.1, -0.05) is 11.6 Å². The highest BCUT2D eigenvalue weighted by atomic mass is 79.9. The van der Waals surface area contributed by atoms with Crippen LogP contribution in [0.25, 0.3) is 0 Å². The van der Waals surface area contributed by atoms with Gasteiger partial charge in [0.1, 0.15) is 5.15 Å².